The molecule has 0 fully saturated rings. The van der Waals surface area contributed by atoms with Gasteiger partial charge in [-0.15, -0.1) is 0 Å². The molecule has 2 aromatic rings. The molecule has 0 bridgehead atoms. The van der Waals surface area contributed by atoms with Crippen LogP contribution in [-0.4, -0.2) is 16.2 Å². The third kappa shape index (κ3) is 3.33. The minimum absolute atomic E-state index is 0.404. The van der Waals surface area contributed by atoms with Crippen molar-refractivity contribution in [1.29, 1.82) is 0 Å². The van der Waals surface area contributed by atoms with Crippen LogP contribution in [-0.2, 0) is 10.6 Å². The Morgan fingerprint density at radius 3 is 2.05 bits per heavy atom. The number of para-hydroxylation sites is 1. The Kier molecular flexibility index (Phi) is 3.82. The van der Waals surface area contributed by atoms with Gasteiger partial charge < -0.3 is 14.9 Å². The molecule has 0 aromatic heterocycles. The van der Waals surface area contributed by atoms with E-state index in [0.29, 0.717) is 11.3 Å². The number of carboxylic acid groups (broad SMARTS) is 1. The number of hydrogen-bond acceptors (Lipinski definition) is 3. The molecule has 2 aromatic carbocycles. The summed E-state index contributed by atoms with van der Waals surface area (Å²) in [5, 5.41) is 19.5. The first-order valence-corrected chi connectivity index (χ1v) is 5.84. The van der Waals surface area contributed by atoms with Gasteiger partial charge in [0.05, 0.1) is 0 Å². The standard InChI is InChI=1S/C15H14O4/c16-14(17)11-15(18,12-7-3-1-4-8-12)19-13-9-5-2-6-10-13/h1-10,18H,11H2,(H,16,17). The van der Waals surface area contributed by atoms with Gasteiger partial charge in [0.15, 0.2) is 0 Å². The normalized spacial score (nSPS) is 13.5. The van der Waals surface area contributed by atoms with Crippen LogP contribution in [0.5, 0.6) is 5.75 Å². The zero-order valence-corrected chi connectivity index (χ0v) is 10.2. The van der Waals surface area contributed by atoms with Crippen LogP contribution in [0, 0.1) is 0 Å². The highest BCUT2D eigenvalue weighted by Gasteiger charge is 2.34. The molecule has 0 heterocycles. The quantitative estimate of drug-likeness (QED) is 0.808. The minimum atomic E-state index is -1.88. The summed E-state index contributed by atoms with van der Waals surface area (Å²) in [5.41, 5.74) is 0.404. The molecule has 0 aliphatic heterocycles. The predicted molar refractivity (Wildman–Crippen MR) is 69.7 cm³/mol. The van der Waals surface area contributed by atoms with Crippen LogP contribution in [0.25, 0.3) is 0 Å². The highest BCUT2D eigenvalue weighted by atomic mass is 16.6. The Morgan fingerprint density at radius 2 is 1.53 bits per heavy atom. The van der Waals surface area contributed by atoms with Gasteiger partial charge in [0.25, 0.3) is 0 Å². The van der Waals surface area contributed by atoms with Crippen molar-refractivity contribution in [3.8, 4) is 5.75 Å². The second-order valence-electron chi connectivity index (χ2n) is 4.14. The van der Waals surface area contributed by atoms with Crippen molar-refractivity contribution in [2.75, 3.05) is 0 Å². The molecule has 0 spiro atoms. The number of benzene rings is 2. The molecule has 4 nitrogen and oxygen atoms in total. The summed E-state index contributed by atoms with van der Waals surface area (Å²) in [6.45, 7) is 0. The van der Waals surface area contributed by atoms with Crippen molar-refractivity contribution in [3.63, 3.8) is 0 Å². The number of carboxylic acids is 1. The van der Waals surface area contributed by atoms with Gasteiger partial charge in [0.2, 0.25) is 5.79 Å². The fourth-order valence-corrected chi connectivity index (χ4v) is 1.78. The molecule has 4 heteroatoms. The van der Waals surface area contributed by atoms with Crippen molar-refractivity contribution in [2.24, 2.45) is 0 Å². The van der Waals surface area contributed by atoms with Crippen LogP contribution < -0.4 is 4.74 Å². The molecular formula is C15H14O4. The zero-order chi connectivity index (χ0) is 13.7. The number of hydrogen-bond donors (Lipinski definition) is 2. The molecular weight excluding hydrogens is 244 g/mol. The topological polar surface area (TPSA) is 66.8 Å². The van der Waals surface area contributed by atoms with Gasteiger partial charge in [-0.3, -0.25) is 4.79 Å². The second-order valence-corrected chi connectivity index (χ2v) is 4.14. The van der Waals surface area contributed by atoms with Gasteiger partial charge in [-0.25, -0.2) is 0 Å². The molecule has 98 valence electrons. The van der Waals surface area contributed by atoms with Crippen molar-refractivity contribution in [2.45, 2.75) is 12.2 Å². The Balaban J connectivity index is 2.32. The van der Waals surface area contributed by atoms with Crippen LogP contribution in [0.3, 0.4) is 0 Å². The van der Waals surface area contributed by atoms with Gasteiger partial charge >= 0.3 is 5.97 Å². The van der Waals surface area contributed by atoms with E-state index < -0.39 is 18.2 Å². The maximum Gasteiger partial charge on any atom is 0.310 e. The van der Waals surface area contributed by atoms with E-state index in [2.05, 4.69) is 0 Å². The minimum Gasteiger partial charge on any atom is -0.481 e. The first kappa shape index (κ1) is 13.1. The third-order valence-electron chi connectivity index (χ3n) is 2.65. The molecule has 0 saturated heterocycles. The number of ether oxygens (including phenoxy) is 1. The Hall–Kier alpha value is -2.33. The number of carbonyl (C=O) groups is 1. The maximum absolute atomic E-state index is 10.9. The maximum atomic E-state index is 10.9. The van der Waals surface area contributed by atoms with Crippen LogP contribution in [0.4, 0.5) is 0 Å². The second kappa shape index (κ2) is 5.54. The Labute approximate surface area is 110 Å². The molecule has 2 rings (SSSR count). The monoisotopic (exact) mass is 258 g/mol. The molecule has 0 saturated carbocycles. The van der Waals surface area contributed by atoms with Gasteiger partial charge in [-0.1, -0.05) is 48.5 Å². The van der Waals surface area contributed by atoms with Gasteiger partial charge in [0, 0.05) is 5.56 Å². The summed E-state index contributed by atoms with van der Waals surface area (Å²) in [4.78, 5) is 10.9. The third-order valence-corrected chi connectivity index (χ3v) is 2.65. The lowest BCUT2D eigenvalue weighted by Gasteiger charge is -2.28. The average Bonchev–Trinajstić information content (AvgIpc) is 2.40. The molecule has 0 aliphatic carbocycles. The molecule has 0 aliphatic rings. The highest BCUT2D eigenvalue weighted by molar-refractivity contribution is 5.68. The Bertz CT molecular complexity index is 539. The molecule has 1 unspecified atom stereocenters. The number of aliphatic hydroxyl groups is 1. The van der Waals surface area contributed by atoms with Crippen LogP contribution in [0.1, 0.15) is 12.0 Å². The van der Waals surface area contributed by atoms with Crippen LogP contribution >= 0.6 is 0 Å². The van der Waals surface area contributed by atoms with E-state index in [1.54, 1.807) is 54.6 Å². The first-order valence-electron chi connectivity index (χ1n) is 5.84. The molecule has 1 atom stereocenters. The summed E-state index contributed by atoms with van der Waals surface area (Å²) >= 11 is 0. The number of aliphatic carboxylic acids is 1. The predicted octanol–water partition coefficient (Wildman–Crippen LogP) is 2.39. The lowest BCUT2D eigenvalue weighted by molar-refractivity contribution is -0.173. The van der Waals surface area contributed by atoms with Crippen LogP contribution in [0.2, 0.25) is 0 Å². The molecule has 0 radical (unpaired) electrons. The molecule has 19 heavy (non-hydrogen) atoms. The van der Waals surface area contributed by atoms with E-state index in [0.717, 1.165) is 0 Å². The van der Waals surface area contributed by atoms with Crippen molar-refractivity contribution in [3.05, 3.63) is 66.2 Å². The zero-order valence-electron chi connectivity index (χ0n) is 10.2. The summed E-state index contributed by atoms with van der Waals surface area (Å²) in [6.07, 6.45) is -0.536. The molecule has 0 amide bonds. The van der Waals surface area contributed by atoms with Gasteiger partial charge in [-0.2, -0.15) is 0 Å². The fraction of sp³-hybridized carbons (Fsp3) is 0.133. The van der Waals surface area contributed by atoms with Gasteiger partial charge in [-0.05, 0) is 12.1 Å². The largest absolute Gasteiger partial charge is 0.481 e. The van der Waals surface area contributed by atoms with Crippen molar-refractivity contribution >= 4 is 5.97 Å². The fourth-order valence-electron chi connectivity index (χ4n) is 1.78. The highest BCUT2D eigenvalue weighted by Crippen LogP contribution is 2.28. The summed E-state index contributed by atoms with van der Waals surface area (Å²) in [7, 11) is 0. The first-order chi connectivity index (χ1) is 9.10. The van der Waals surface area contributed by atoms with Crippen molar-refractivity contribution in [1.82, 2.24) is 0 Å². The van der Waals surface area contributed by atoms with E-state index in [9.17, 15) is 9.90 Å². The van der Waals surface area contributed by atoms with E-state index in [-0.39, 0.29) is 0 Å². The van der Waals surface area contributed by atoms with E-state index in [1.165, 1.54) is 0 Å². The van der Waals surface area contributed by atoms with E-state index in [4.69, 9.17) is 9.84 Å². The summed E-state index contributed by atoms with van der Waals surface area (Å²) < 4.78 is 5.47. The smallest absolute Gasteiger partial charge is 0.310 e. The lowest BCUT2D eigenvalue weighted by Crippen LogP contribution is -2.35. The van der Waals surface area contributed by atoms with E-state index in [1.807, 2.05) is 6.07 Å². The summed E-state index contributed by atoms with van der Waals surface area (Å²) in [6, 6.07) is 17.1. The Morgan fingerprint density at radius 1 is 1.00 bits per heavy atom. The van der Waals surface area contributed by atoms with Gasteiger partial charge in [0.1, 0.15) is 12.2 Å². The average molecular weight is 258 g/mol. The van der Waals surface area contributed by atoms with Crippen LogP contribution in [0.15, 0.2) is 60.7 Å². The van der Waals surface area contributed by atoms with Crippen molar-refractivity contribution < 1.29 is 19.7 Å². The molecule has 2 N–H and O–H groups in total. The number of rotatable bonds is 5. The lowest BCUT2D eigenvalue weighted by atomic mass is 10.0. The SMILES string of the molecule is O=C(O)CC(O)(Oc1ccccc1)c1ccccc1. The summed E-state index contributed by atoms with van der Waals surface area (Å²) in [5.74, 6) is -2.61. The van der Waals surface area contributed by atoms with E-state index >= 15 is 0 Å².